The zero-order chi connectivity index (χ0) is 12.3. The van der Waals surface area contributed by atoms with E-state index in [2.05, 4.69) is 44.2 Å². The fraction of sp³-hybridized carbons (Fsp3) is 0.200. The Morgan fingerprint density at radius 3 is 2.00 bits per heavy atom. The molecule has 0 aliphatic rings. The SMILES string of the molecule is COc1ccc([I+]c2c(C)cccc2C)cc1. The second kappa shape index (κ2) is 5.54. The van der Waals surface area contributed by atoms with Gasteiger partial charge in [0.25, 0.3) is 0 Å². The summed E-state index contributed by atoms with van der Waals surface area (Å²) in [6, 6.07) is 15.0. The van der Waals surface area contributed by atoms with E-state index >= 15 is 0 Å². The minimum Gasteiger partial charge on any atom is -0.497 e. The number of ether oxygens (including phenoxy) is 1. The molecule has 2 rings (SSSR count). The van der Waals surface area contributed by atoms with Crippen molar-refractivity contribution in [1.29, 1.82) is 0 Å². The molecule has 2 heteroatoms. The van der Waals surface area contributed by atoms with Gasteiger partial charge < -0.3 is 4.74 Å². The van der Waals surface area contributed by atoms with E-state index in [0.29, 0.717) is 0 Å². The standard InChI is InChI=1S/C15H16IO/c1-11-5-4-6-12(2)15(11)16-13-7-9-14(17-3)10-8-13/h4-10H,1-3H3/q+1. The first-order valence-corrected chi connectivity index (χ1v) is 7.71. The van der Waals surface area contributed by atoms with Gasteiger partial charge in [0.2, 0.25) is 0 Å². The van der Waals surface area contributed by atoms with Gasteiger partial charge in [0.1, 0.15) is 5.75 Å². The minimum atomic E-state index is -0.0884. The summed E-state index contributed by atoms with van der Waals surface area (Å²) in [7, 11) is 1.70. The van der Waals surface area contributed by atoms with Crippen LogP contribution in [0.4, 0.5) is 0 Å². The van der Waals surface area contributed by atoms with E-state index in [1.54, 1.807) is 7.11 Å². The normalized spacial score (nSPS) is 10.3. The molecule has 2 aromatic rings. The Bertz CT molecular complexity index is 483. The number of rotatable bonds is 3. The van der Waals surface area contributed by atoms with Crippen molar-refractivity contribution in [2.75, 3.05) is 7.11 Å². The lowest BCUT2D eigenvalue weighted by molar-refractivity contribution is -0.598. The lowest BCUT2D eigenvalue weighted by atomic mass is 10.2. The van der Waals surface area contributed by atoms with Gasteiger partial charge in [-0.25, -0.2) is 0 Å². The van der Waals surface area contributed by atoms with Crippen LogP contribution in [0.5, 0.6) is 5.75 Å². The van der Waals surface area contributed by atoms with Crippen LogP contribution in [0.3, 0.4) is 0 Å². The van der Waals surface area contributed by atoms with E-state index in [1.165, 1.54) is 18.3 Å². The lowest BCUT2D eigenvalue weighted by Gasteiger charge is -1.98. The number of hydrogen-bond donors (Lipinski definition) is 0. The van der Waals surface area contributed by atoms with E-state index in [9.17, 15) is 0 Å². The molecule has 0 unspecified atom stereocenters. The monoisotopic (exact) mass is 339 g/mol. The topological polar surface area (TPSA) is 9.23 Å². The summed E-state index contributed by atoms with van der Waals surface area (Å²) in [5, 5.41) is 0. The van der Waals surface area contributed by atoms with Gasteiger partial charge in [-0.2, -0.15) is 0 Å². The van der Waals surface area contributed by atoms with Crippen molar-refractivity contribution >= 4 is 0 Å². The van der Waals surface area contributed by atoms with E-state index in [4.69, 9.17) is 4.74 Å². The van der Waals surface area contributed by atoms with E-state index < -0.39 is 0 Å². The van der Waals surface area contributed by atoms with Crippen LogP contribution in [0.1, 0.15) is 11.1 Å². The molecule has 1 nitrogen and oxygen atoms in total. The molecule has 0 fully saturated rings. The Kier molecular flexibility index (Phi) is 4.05. The minimum absolute atomic E-state index is 0.0884. The number of halogens is 1. The first kappa shape index (κ1) is 12.4. The number of hydrogen-bond acceptors (Lipinski definition) is 1. The van der Waals surface area contributed by atoms with Gasteiger partial charge in [0.05, 0.1) is 7.11 Å². The molecule has 17 heavy (non-hydrogen) atoms. The van der Waals surface area contributed by atoms with Gasteiger partial charge in [0, 0.05) is 11.1 Å². The van der Waals surface area contributed by atoms with Crippen LogP contribution < -0.4 is 25.9 Å². The van der Waals surface area contributed by atoms with Gasteiger partial charge in [-0.05, 0) is 38.1 Å². The molecule has 0 amide bonds. The van der Waals surface area contributed by atoms with Gasteiger partial charge in [-0.1, -0.05) is 18.2 Å². The van der Waals surface area contributed by atoms with Gasteiger partial charge in [-0.15, -0.1) is 0 Å². The van der Waals surface area contributed by atoms with E-state index in [1.807, 2.05) is 12.1 Å². The number of aryl methyl sites for hydroxylation is 2. The molecule has 0 bridgehead atoms. The first-order valence-electron chi connectivity index (χ1n) is 5.56. The van der Waals surface area contributed by atoms with Crippen molar-refractivity contribution in [2.45, 2.75) is 13.8 Å². The number of methoxy groups -OCH3 is 1. The third-order valence-electron chi connectivity index (χ3n) is 2.64. The van der Waals surface area contributed by atoms with Crippen molar-refractivity contribution in [3.05, 3.63) is 60.7 Å². The first-order chi connectivity index (χ1) is 8.20. The summed E-state index contributed by atoms with van der Waals surface area (Å²) in [5.74, 6) is 0.930. The smallest absolute Gasteiger partial charge is 0.358 e. The molecule has 0 heterocycles. The van der Waals surface area contributed by atoms with Crippen LogP contribution >= 0.6 is 0 Å². The third-order valence-corrected chi connectivity index (χ3v) is 6.22. The highest BCUT2D eigenvalue weighted by molar-refractivity contribution is 5.22. The maximum atomic E-state index is 5.18. The fourth-order valence-electron chi connectivity index (χ4n) is 1.69. The largest absolute Gasteiger partial charge is 0.497 e. The highest BCUT2D eigenvalue weighted by Gasteiger charge is 2.20. The fourth-order valence-corrected chi connectivity index (χ4v) is 4.24. The Balaban J connectivity index is 2.25. The van der Waals surface area contributed by atoms with E-state index in [-0.39, 0.29) is 21.2 Å². The summed E-state index contributed by atoms with van der Waals surface area (Å²) >= 11 is -0.0884. The van der Waals surface area contributed by atoms with Crippen LogP contribution in [0.2, 0.25) is 0 Å². The molecule has 0 saturated heterocycles. The maximum absolute atomic E-state index is 5.18. The average Bonchev–Trinajstić information content (AvgIpc) is 2.35. The molecule has 88 valence electrons. The Hall–Kier alpha value is -1.03. The molecule has 0 radical (unpaired) electrons. The van der Waals surface area contributed by atoms with Crippen LogP contribution in [0, 0.1) is 21.0 Å². The summed E-state index contributed by atoms with van der Waals surface area (Å²) in [5.41, 5.74) is 2.82. The molecule has 0 N–H and O–H groups in total. The zero-order valence-corrected chi connectivity index (χ0v) is 12.5. The van der Waals surface area contributed by atoms with Crippen LogP contribution in [0.15, 0.2) is 42.5 Å². The predicted octanol–water partition coefficient (Wildman–Crippen LogP) is 0.440. The van der Waals surface area contributed by atoms with Gasteiger partial charge >= 0.3 is 21.2 Å². The molecule has 0 atom stereocenters. The zero-order valence-electron chi connectivity index (χ0n) is 10.3. The summed E-state index contributed by atoms with van der Waals surface area (Å²) in [6.45, 7) is 4.40. The molecule has 0 aromatic heterocycles. The van der Waals surface area contributed by atoms with Crippen LogP contribution in [0.25, 0.3) is 0 Å². The average molecular weight is 339 g/mol. The second-order valence-corrected chi connectivity index (χ2v) is 6.82. The highest BCUT2D eigenvalue weighted by atomic mass is 127. The Labute approximate surface area is 113 Å². The van der Waals surface area contributed by atoms with Crippen LogP contribution in [-0.4, -0.2) is 7.11 Å². The van der Waals surface area contributed by atoms with Crippen molar-refractivity contribution in [3.63, 3.8) is 0 Å². The quantitative estimate of drug-likeness (QED) is 0.738. The van der Waals surface area contributed by atoms with Crippen molar-refractivity contribution < 1.29 is 25.9 Å². The third kappa shape index (κ3) is 3.00. The molecule has 0 aliphatic carbocycles. The summed E-state index contributed by atoms with van der Waals surface area (Å²) in [4.78, 5) is 0. The van der Waals surface area contributed by atoms with Crippen molar-refractivity contribution in [2.24, 2.45) is 0 Å². The maximum Gasteiger partial charge on any atom is 0.358 e. The molecule has 0 aliphatic heterocycles. The molecule has 0 saturated carbocycles. The Morgan fingerprint density at radius 1 is 0.882 bits per heavy atom. The Morgan fingerprint density at radius 2 is 1.47 bits per heavy atom. The van der Waals surface area contributed by atoms with E-state index in [0.717, 1.165) is 5.75 Å². The second-order valence-electron chi connectivity index (χ2n) is 3.96. The molecule has 0 spiro atoms. The van der Waals surface area contributed by atoms with Gasteiger partial charge in [-0.3, -0.25) is 0 Å². The summed E-state index contributed by atoms with van der Waals surface area (Å²) in [6.07, 6.45) is 0. The van der Waals surface area contributed by atoms with Crippen molar-refractivity contribution in [3.8, 4) is 5.75 Å². The number of benzene rings is 2. The summed E-state index contributed by atoms with van der Waals surface area (Å²) < 4.78 is 8.15. The predicted molar refractivity (Wildman–Crippen MR) is 66.3 cm³/mol. The molecular weight excluding hydrogens is 323 g/mol. The lowest BCUT2D eigenvalue weighted by Crippen LogP contribution is -3.62. The van der Waals surface area contributed by atoms with Crippen LogP contribution in [-0.2, 0) is 0 Å². The van der Waals surface area contributed by atoms with Gasteiger partial charge in [0.15, 0.2) is 7.14 Å². The van der Waals surface area contributed by atoms with Crippen molar-refractivity contribution in [1.82, 2.24) is 0 Å². The highest BCUT2D eigenvalue weighted by Crippen LogP contribution is 2.07. The molecular formula is C15H16IO+. The molecule has 2 aromatic carbocycles.